The second-order valence-electron chi connectivity index (χ2n) is 5.14. The Morgan fingerprint density at radius 3 is 2.73 bits per heavy atom. The zero-order valence-electron chi connectivity index (χ0n) is 13.3. The molecule has 0 saturated heterocycles. The van der Waals surface area contributed by atoms with E-state index in [1.54, 1.807) is 6.07 Å². The van der Waals surface area contributed by atoms with Gasteiger partial charge in [0.05, 0.1) is 21.6 Å². The Morgan fingerprint density at radius 1 is 1.38 bits per heavy atom. The quantitative estimate of drug-likeness (QED) is 0.582. The molecule has 0 fully saturated rings. The molecule has 3 aromatic heterocycles. The van der Waals surface area contributed by atoms with Crippen LogP contribution in [0.4, 0.5) is 0 Å². The molecule has 1 amide bonds. The van der Waals surface area contributed by atoms with Crippen molar-refractivity contribution in [2.75, 3.05) is 6.54 Å². The predicted octanol–water partition coefficient (Wildman–Crippen LogP) is 1.05. The van der Waals surface area contributed by atoms with Gasteiger partial charge in [0.1, 0.15) is 11.1 Å². The second-order valence-corrected chi connectivity index (χ2v) is 7.69. The fourth-order valence-corrected chi connectivity index (χ4v) is 3.98. The average molecular weight is 395 g/mol. The summed E-state index contributed by atoms with van der Waals surface area (Å²) in [4.78, 5) is 35.4. The number of nitrogens with two attached hydrogens (primary N) is 1. The molecule has 0 radical (unpaired) electrons. The minimum absolute atomic E-state index is 0.0198. The maximum absolute atomic E-state index is 12.3. The van der Waals surface area contributed by atoms with Crippen LogP contribution in [-0.4, -0.2) is 51.2 Å². The molecule has 0 unspecified atom stereocenters. The van der Waals surface area contributed by atoms with Crippen LogP contribution in [0.5, 0.6) is 0 Å². The lowest BCUT2D eigenvalue weighted by Crippen LogP contribution is -2.40. The van der Waals surface area contributed by atoms with Crippen molar-refractivity contribution < 1.29 is 23.1 Å². The Bertz CT molecular complexity index is 1120. The first-order valence-corrected chi connectivity index (χ1v) is 9.56. The molecule has 10 nitrogen and oxygen atoms in total. The number of hydrogen-bond donors (Lipinski definition) is 3. The molecule has 0 aliphatic rings. The van der Waals surface area contributed by atoms with Crippen molar-refractivity contribution in [2.24, 2.45) is 5.14 Å². The molecule has 0 aliphatic carbocycles. The third-order valence-corrected chi connectivity index (χ3v) is 5.64. The number of aromatic amines is 1. The van der Waals surface area contributed by atoms with Gasteiger partial charge in [0, 0.05) is 12.7 Å². The number of nitrogens with zero attached hydrogens (tertiary/aromatic N) is 3. The average Bonchev–Trinajstić information content (AvgIpc) is 3.20. The number of aromatic nitrogens is 3. The van der Waals surface area contributed by atoms with E-state index < -0.39 is 22.1 Å². The molecule has 0 aliphatic heterocycles. The van der Waals surface area contributed by atoms with Crippen molar-refractivity contribution in [1.82, 2.24) is 19.3 Å². The Balaban J connectivity index is 2.00. The molecule has 4 N–H and O–H groups in total. The number of aromatic carboxylic acids is 1. The summed E-state index contributed by atoms with van der Waals surface area (Å²) in [5.74, 6) is -1.88. The summed E-state index contributed by atoms with van der Waals surface area (Å²) in [6.45, 7) is 1.40. The smallest absolute Gasteiger partial charge is 0.339 e. The molecular formula is C14H13N5O5S2. The molecule has 0 bridgehead atoms. The number of fused-ring (bicyclic) bond motifs is 1. The Morgan fingerprint density at radius 2 is 2.12 bits per heavy atom. The highest BCUT2D eigenvalue weighted by atomic mass is 32.2. The first-order valence-electron chi connectivity index (χ1n) is 7.24. The van der Waals surface area contributed by atoms with Gasteiger partial charge >= 0.3 is 16.2 Å². The minimum atomic E-state index is -4.16. The van der Waals surface area contributed by atoms with E-state index in [2.05, 4.69) is 15.0 Å². The van der Waals surface area contributed by atoms with Crippen molar-refractivity contribution in [1.29, 1.82) is 0 Å². The van der Waals surface area contributed by atoms with E-state index in [9.17, 15) is 23.1 Å². The summed E-state index contributed by atoms with van der Waals surface area (Å²) in [6, 6.07) is 3.04. The van der Waals surface area contributed by atoms with E-state index in [0.717, 1.165) is 11.3 Å². The normalized spacial score (nSPS) is 11.6. The molecule has 12 heteroatoms. The largest absolute Gasteiger partial charge is 0.478 e. The monoisotopic (exact) mass is 395 g/mol. The number of carboxylic acid groups (broad SMARTS) is 1. The van der Waals surface area contributed by atoms with Crippen molar-refractivity contribution in [3.05, 3.63) is 35.0 Å². The second kappa shape index (κ2) is 6.48. The van der Waals surface area contributed by atoms with E-state index in [0.29, 0.717) is 20.5 Å². The highest BCUT2D eigenvalue weighted by molar-refractivity contribution is 7.87. The third-order valence-electron chi connectivity index (χ3n) is 3.50. The molecule has 0 aromatic carbocycles. The molecular weight excluding hydrogens is 382 g/mol. The fraction of sp³-hybridized carbons (Fsp3) is 0.143. The van der Waals surface area contributed by atoms with Crippen LogP contribution in [-0.2, 0) is 10.2 Å². The van der Waals surface area contributed by atoms with E-state index in [4.69, 9.17) is 5.14 Å². The summed E-state index contributed by atoms with van der Waals surface area (Å²) < 4.78 is 23.5. The molecule has 0 saturated carbocycles. The standard InChI is InChI=1S/C14H13N5O5S2/c1-2-19(26(15,23)24)13(20)10-4-3-9(25-10)8-6-17-12-11(18-8)7(5-16-12)14(21)22/h3-6H,2H2,1H3,(H,16,17)(H,21,22)(H2,15,23,24). The van der Waals surface area contributed by atoms with Crippen LogP contribution in [0.2, 0.25) is 0 Å². The van der Waals surface area contributed by atoms with Crippen LogP contribution in [0, 0.1) is 0 Å². The van der Waals surface area contributed by atoms with Crippen molar-refractivity contribution in [3.8, 4) is 10.6 Å². The number of carboxylic acids is 1. The van der Waals surface area contributed by atoms with Crippen LogP contribution in [0.15, 0.2) is 24.5 Å². The van der Waals surface area contributed by atoms with Gasteiger partial charge in [-0.15, -0.1) is 11.3 Å². The van der Waals surface area contributed by atoms with Gasteiger partial charge in [0.25, 0.3) is 5.91 Å². The van der Waals surface area contributed by atoms with Crippen LogP contribution < -0.4 is 5.14 Å². The number of hydrogen-bond acceptors (Lipinski definition) is 7. The molecule has 0 atom stereocenters. The van der Waals surface area contributed by atoms with Gasteiger partial charge in [-0.2, -0.15) is 8.42 Å². The summed E-state index contributed by atoms with van der Waals surface area (Å²) in [5.41, 5.74) is 0.859. The van der Waals surface area contributed by atoms with Crippen molar-refractivity contribution in [3.63, 3.8) is 0 Å². The molecule has 136 valence electrons. The number of nitrogens with one attached hydrogen (secondary N) is 1. The summed E-state index contributed by atoms with van der Waals surface area (Å²) in [6.07, 6.45) is 2.73. The molecule has 3 heterocycles. The van der Waals surface area contributed by atoms with Crippen LogP contribution >= 0.6 is 11.3 Å². The first-order chi connectivity index (χ1) is 12.2. The van der Waals surface area contributed by atoms with E-state index in [1.807, 2.05) is 0 Å². The van der Waals surface area contributed by atoms with Gasteiger partial charge in [-0.3, -0.25) is 4.79 Å². The van der Waals surface area contributed by atoms with Crippen LogP contribution in [0.25, 0.3) is 21.7 Å². The topological polar surface area (TPSA) is 159 Å². The number of carbonyl (C=O) groups is 2. The molecule has 0 spiro atoms. The molecule has 3 aromatic rings. The van der Waals surface area contributed by atoms with Crippen molar-refractivity contribution in [2.45, 2.75) is 6.92 Å². The fourth-order valence-electron chi connectivity index (χ4n) is 2.33. The van der Waals surface area contributed by atoms with Gasteiger partial charge in [0.15, 0.2) is 5.65 Å². The van der Waals surface area contributed by atoms with Gasteiger partial charge in [0.2, 0.25) is 0 Å². The summed E-state index contributed by atoms with van der Waals surface area (Å²) >= 11 is 1.01. The summed E-state index contributed by atoms with van der Waals surface area (Å²) in [5, 5.41) is 14.2. The zero-order chi connectivity index (χ0) is 19.1. The van der Waals surface area contributed by atoms with E-state index in [1.165, 1.54) is 25.4 Å². The number of rotatable bonds is 5. The Kier molecular flexibility index (Phi) is 4.48. The Hall–Kier alpha value is -2.83. The maximum Gasteiger partial charge on any atom is 0.339 e. The maximum atomic E-state index is 12.3. The van der Waals surface area contributed by atoms with E-state index >= 15 is 0 Å². The van der Waals surface area contributed by atoms with Gasteiger partial charge in [-0.25, -0.2) is 24.2 Å². The lowest BCUT2D eigenvalue weighted by atomic mass is 10.3. The molecule has 26 heavy (non-hydrogen) atoms. The van der Waals surface area contributed by atoms with Crippen molar-refractivity contribution >= 4 is 44.6 Å². The highest BCUT2D eigenvalue weighted by Crippen LogP contribution is 2.29. The highest BCUT2D eigenvalue weighted by Gasteiger charge is 2.25. The number of carbonyl (C=O) groups excluding carboxylic acids is 1. The predicted molar refractivity (Wildman–Crippen MR) is 94.0 cm³/mol. The van der Waals surface area contributed by atoms with E-state index in [-0.39, 0.29) is 22.5 Å². The minimum Gasteiger partial charge on any atom is -0.478 e. The lowest BCUT2D eigenvalue weighted by Gasteiger charge is -2.16. The zero-order valence-corrected chi connectivity index (χ0v) is 15.0. The number of H-pyrrole nitrogens is 1. The first kappa shape index (κ1) is 18.0. The molecule has 3 rings (SSSR count). The third kappa shape index (κ3) is 3.16. The number of amides is 1. The SMILES string of the molecule is CCN(C(=O)c1ccc(-c2cnc3[nH]cc(C(=O)O)c3n2)s1)S(N)(=O)=O. The van der Waals surface area contributed by atoms with Gasteiger partial charge in [-0.1, -0.05) is 0 Å². The van der Waals surface area contributed by atoms with Gasteiger partial charge < -0.3 is 10.1 Å². The lowest BCUT2D eigenvalue weighted by molar-refractivity contribution is 0.0698. The van der Waals surface area contributed by atoms with Gasteiger partial charge in [-0.05, 0) is 19.1 Å². The van der Waals surface area contributed by atoms with Crippen LogP contribution in [0.1, 0.15) is 27.0 Å². The Labute approximate surface area is 151 Å². The van der Waals surface area contributed by atoms with Crippen LogP contribution in [0.3, 0.4) is 0 Å². The number of thiophene rings is 1. The summed E-state index contributed by atoms with van der Waals surface area (Å²) in [7, 11) is -4.16.